The van der Waals surface area contributed by atoms with Gasteiger partial charge in [0.05, 0.1) is 4.47 Å². The molecule has 0 heterocycles. The average molecular weight is 315 g/mol. The summed E-state index contributed by atoms with van der Waals surface area (Å²) in [5, 5.41) is 0. The smallest absolute Gasteiger partial charge is 0.137 e. The molecule has 2 nitrogen and oxygen atoms in total. The van der Waals surface area contributed by atoms with Crippen molar-refractivity contribution in [2.45, 2.75) is 44.2 Å². The Hall–Kier alpha value is -0.450. The van der Waals surface area contributed by atoms with E-state index in [9.17, 15) is 4.39 Å². The highest BCUT2D eigenvalue weighted by atomic mass is 79.9. The van der Waals surface area contributed by atoms with Crippen LogP contribution >= 0.6 is 15.9 Å². The maximum atomic E-state index is 13.5. The van der Waals surface area contributed by atoms with Crippen molar-refractivity contribution in [3.8, 4) is 0 Å². The van der Waals surface area contributed by atoms with Crippen LogP contribution in [0.15, 0.2) is 22.7 Å². The monoisotopic (exact) mass is 314 g/mol. The Labute approximate surface area is 116 Å². The number of hydrogen-bond donors (Lipinski definition) is 2. The van der Waals surface area contributed by atoms with Gasteiger partial charge in [-0.15, -0.1) is 0 Å². The van der Waals surface area contributed by atoms with E-state index in [1.54, 1.807) is 6.07 Å². The average Bonchev–Trinajstić information content (AvgIpc) is 2.35. The molecule has 18 heavy (non-hydrogen) atoms. The Morgan fingerprint density at radius 2 is 1.94 bits per heavy atom. The maximum absolute atomic E-state index is 13.5. The molecule has 100 valence electrons. The second kappa shape index (κ2) is 6.13. The van der Waals surface area contributed by atoms with Crippen molar-refractivity contribution in [3.63, 3.8) is 0 Å². The van der Waals surface area contributed by atoms with Crippen molar-refractivity contribution in [2.75, 3.05) is 0 Å². The summed E-state index contributed by atoms with van der Waals surface area (Å²) in [5.41, 5.74) is 12.9. The predicted octanol–water partition coefficient (Wildman–Crippen LogP) is 3.50. The van der Waals surface area contributed by atoms with E-state index in [1.807, 2.05) is 6.07 Å². The number of halogens is 2. The molecule has 1 saturated carbocycles. The quantitative estimate of drug-likeness (QED) is 0.897. The van der Waals surface area contributed by atoms with Gasteiger partial charge in [0, 0.05) is 12.1 Å². The van der Waals surface area contributed by atoms with E-state index >= 15 is 0 Å². The van der Waals surface area contributed by atoms with E-state index in [2.05, 4.69) is 15.9 Å². The molecule has 1 aliphatic carbocycles. The summed E-state index contributed by atoms with van der Waals surface area (Å²) in [6.45, 7) is 0. The summed E-state index contributed by atoms with van der Waals surface area (Å²) in [7, 11) is 0. The van der Waals surface area contributed by atoms with Crippen molar-refractivity contribution in [2.24, 2.45) is 17.4 Å². The molecule has 1 atom stereocenters. The standard InChI is InChI=1S/C14H20BrFN2/c15-12-6-3-10(8-13(12)16)14(18)7-9-1-4-11(17)5-2-9/h3,6,8-9,11,14H,1-2,4-5,7,17-18H2. The summed E-state index contributed by atoms with van der Waals surface area (Å²) in [6.07, 6.45) is 5.40. The zero-order valence-corrected chi connectivity index (χ0v) is 12.0. The SMILES string of the molecule is NC1CCC(CC(N)c2ccc(Br)c(F)c2)CC1. The second-order valence-electron chi connectivity index (χ2n) is 5.30. The lowest BCUT2D eigenvalue weighted by Crippen LogP contribution is -2.28. The van der Waals surface area contributed by atoms with Crippen molar-refractivity contribution >= 4 is 15.9 Å². The highest BCUT2D eigenvalue weighted by molar-refractivity contribution is 9.10. The van der Waals surface area contributed by atoms with Crippen LogP contribution in [0.5, 0.6) is 0 Å². The Morgan fingerprint density at radius 1 is 1.28 bits per heavy atom. The van der Waals surface area contributed by atoms with Crippen LogP contribution in [-0.4, -0.2) is 6.04 Å². The Morgan fingerprint density at radius 3 is 2.56 bits per heavy atom. The van der Waals surface area contributed by atoms with E-state index in [0.717, 1.165) is 37.7 Å². The zero-order valence-electron chi connectivity index (χ0n) is 10.4. The van der Waals surface area contributed by atoms with Crippen LogP contribution in [0.1, 0.15) is 43.7 Å². The fraction of sp³-hybridized carbons (Fsp3) is 0.571. The normalized spacial score (nSPS) is 26.0. The van der Waals surface area contributed by atoms with Gasteiger partial charge in [0.1, 0.15) is 5.82 Å². The van der Waals surface area contributed by atoms with Crippen LogP contribution in [-0.2, 0) is 0 Å². The van der Waals surface area contributed by atoms with Gasteiger partial charge in [-0.05, 0) is 71.6 Å². The van der Waals surface area contributed by atoms with Gasteiger partial charge in [0.25, 0.3) is 0 Å². The van der Waals surface area contributed by atoms with Gasteiger partial charge in [0.2, 0.25) is 0 Å². The highest BCUT2D eigenvalue weighted by Gasteiger charge is 2.21. The van der Waals surface area contributed by atoms with Gasteiger partial charge in [-0.3, -0.25) is 0 Å². The lowest BCUT2D eigenvalue weighted by molar-refractivity contribution is 0.295. The number of hydrogen-bond acceptors (Lipinski definition) is 2. The molecule has 4 heteroatoms. The molecule has 1 aromatic carbocycles. The molecule has 4 N–H and O–H groups in total. The molecule has 2 rings (SSSR count). The topological polar surface area (TPSA) is 52.0 Å². The molecular weight excluding hydrogens is 295 g/mol. The number of benzene rings is 1. The minimum atomic E-state index is -0.242. The molecule has 1 unspecified atom stereocenters. The van der Waals surface area contributed by atoms with Crippen LogP contribution in [0, 0.1) is 11.7 Å². The molecule has 1 aliphatic rings. The first-order valence-corrected chi connectivity index (χ1v) is 7.31. The second-order valence-corrected chi connectivity index (χ2v) is 6.15. The third-order valence-corrected chi connectivity index (χ3v) is 4.49. The Balaban J connectivity index is 1.94. The van der Waals surface area contributed by atoms with Gasteiger partial charge in [-0.25, -0.2) is 4.39 Å². The molecular formula is C14H20BrFN2. The van der Waals surface area contributed by atoms with Crippen LogP contribution in [0.3, 0.4) is 0 Å². The van der Waals surface area contributed by atoms with Crippen molar-refractivity contribution in [3.05, 3.63) is 34.1 Å². The molecule has 0 saturated heterocycles. The van der Waals surface area contributed by atoms with Crippen LogP contribution in [0.25, 0.3) is 0 Å². The third kappa shape index (κ3) is 3.53. The molecule has 0 spiro atoms. The fourth-order valence-electron chi connectivity index (χ4n) is 2.66. The largest absolute Gasteiger partial charge is 0.328 e. The van der Waals surface area contributed by atoms with Crippen molar-refractivity contribution in [1.29, 1.82) is 0 Å². The fourth-order valence-corrected chi connectivity index (χ4v) is 2.91. The zero-order chi connectivity index (χ0) is 13.1. The van der Waals surface area contributed by atoms with E-state index in [1.165, 1.54) is 6.07 Å². The molecule has 0 aliphatic heterocycles. The summed E-state index contributed by atoms with van der Waals surface area (Å²) in [5.74, 6) is 0.389. The number of rotatable bonds is 3. The molecule has 0 amide bonds. The van der Waals surface area contributed by atoms with E-state index < -0.39 is 0 Å². The molecule has 0 bridgehead atoms. The molecule has 0 aromatic heterocycles. The summed E-state index contributed by atoms with van der Waals surface area (Å²) in [4.78, 5) is 0. The van der Waals surface area contributed by atoms with Gasteiger partial charge in [0.15, 0.2) is 0 Å². The van der Waals surface area contributed by atoms with E-state index in [0.29, 0.717) is 16.4 Å². The summed E-state index contributed by atoms with van der Waals surface area (Å²) >= 11 is 3.15. The first kappa shape index (κ1) is 14.0. The van der Waals surface area contributed by atoms with Crippen molar-refractivity contribution in [1.82, 2.24) is 0 Å². The van der Waals surface area contributed by atoms with E-state index in [4.69, 9.17) is 11.5 Å². The minimum absolute atomic E-state index is 0.0769. The molecule has 1 aromatic rings. The Kier molecular flexibility index (Phi) is 4.76. The highest BCUT2D eigenvalue weighted by Crippen LogP contribution is 2.31. The van der Waals surface area contributed by atoms with Crippen molar-refractivity contribution < 1.29 is 4.39 Å². The predicted molar refractivity (Wildman–Crippen MR) is 75.6 cm³/mol. The number of nitrogens with two attached hydrogens (primary N) is 2. The van der Waals surface area contributed by atoms with Crippen LogP contribution < -0.4 is 11.5 Å². The Bertz CT molecular complexity index is 403. The van der Waals surface area contributed by atoms with Gasteiger partial charge in [-0.1, -0.05) is 6.07 Å². The first-order valence-electron chi connectivity index (χ1n) is 6.52. The first-order chi connectivity index (χ1) is 8.56. The van der Waals surface area contributed by atoms with Crippen LogP contribution in [0.2, 0.25) is 0 Å². The van der Waals surface area contributed by atoms with Crippen LogP contribution in [0.4, 0.5) is 4.39 Å². The van der Waals surface area contributed by atoms with E-state index in [-0.39, 0.29) is 11.9 Å². The summed E-state index contributed by atoms with van der Waals surface area (Å²) in [6, 6.07) is 5.44. The minimum Gasteiger partial charge on any atom is -0.328 e. The molecule has 0 radical (unpaired) electrons. The van der Waals surface area contributed by atoms with Gasteiger partial charge in [-0.2, -0.15) is 0 Å². The lowest BCUT2D eigenvalue weighted by Gasteiger charge is -2.28. The third-order valence-electron chi connectivity index (χ3n) is 3.85. The van der Waals surface area contributed by atoms with Gasteiger partial charge >= 0.3 is 0 Å². The maximum Gasteiger partial charge on any atom is 0.137 e. The van der Waals surface area contributed by atoms with Gasteiger partial charge < -0.3 is 11.5 Å². The molecule has 1 fully saturated rings. The summed E-state index contributed by atoms with van der Waals surface area (Å²) < 4.78 is 13.9. The lowest BCUT2D eigenvalue weighted by atomic mass is 9.82.